The summed E-state index contributed by atoms with van der Waals surface area (Å²) in [6.07, 6.45) is -0.173. The molecule has 0 rings (SSSR count). The van der Waals surface area contributed by atoms with Crippen molar-refractivity contribution in [3.05, 3.63) is 0 Å². The summed E-state index contributed by atoms with van der Waals surface area (Å²) in [6, 6.07) is 0. The Morgan fingerprint density at radius 3 is 2.21 bits per heavy atom. The summed E-state index contributed by atoms with van der Waals surface area (Å²) >= 11 is 0. The van der Waals surface area contributed by atoms with Crippen molar-refractivity contribution in [2.75, 3.05) is 20.2 Å². The number of likely N-dealkylation sites (N-methyl/N-ethyl adjacent to an activating group) is 1. The average molecular weight is 203 g/mol. The summed E-state index contributed by atoms with van der Waals surface area (Å²) in [4.78, 5) is 12.8. The van der Waals surface area contributed by atoms with Crippen LogP contribution in [0.5, 0.6) is 0 Å². The molecule has 14 heavy (non-hydrogen) atoms. The number of amides is 1. The van der Waals surface area contributed by atoms with Crippen LogP contribution in [-0.4, -0.2) is 43.4 Å². The van der Waals surface area contributed by atoms with Gasteiger partial charge in [-0.25, -0.2) is 4.79 Å². The monoisotopic (exact) mass is 203 g/mol. The Morgan fingerprint density at radius 1 is 1.21 bits per heavy atom. The maximum Gasteiger partial charge on any atom is 0.409 e. The second kappa shape index (κ2) is 6.65. The van der Waals surface area contributed by atoms with E-state index < -0.39 is 0 Å². The molecule has 0 N–H and O–H groups in total. The van der Waals surface area contributed by atoms with E-state index in [0.717, 1.165) is 0 Å². The highest BCUT2D eigenvalue weighted by atomic mass is 16.6. The summed E-state index contributed by atoms with van der Waals surface area (Å²) < 4.78 is 10.3. The molecular formula is C10H21NO3. The van der Waals surface area contributed by atoms with Crippen molar-refractivity contribution in [2.24, 2.45) is 0 Å². The Hall–Kier alpha value is -0.770. The first-order valence-corrected chi connectivity index (χ1v) is 4.96. The zero-order valence-corrected chi connectivity index (χ0v) is 9.74. The van der Waals surface area contributed by atoms with E-state index >= 15 is 0 Å². The van der Waals surface area contributed by atoms with Gasteiger partial charge in [0.1, 0.15) is 0 Å². The third-order valence-corrected chi connectivity index (χ3v) is 1.53. The van der Waals surface area contributed by atoms with Gasteiger partial charge in [0.15, 0.2) is 0 Å². The molecule has 0 spiro atoms. The number of carbonyl (C=O) groups is 1. The van der Waals surface area contributed by atoms with Gasteiger partial charge in [-0.15, -0.1) is 0 Å². The Morgan fingerprint density at radius 2 is 1.79 bits per heavy atom. The van der Waals surface area contributed by atoms with Gasteiger partial charge in [0.2, 0.25) is 0 Å². The highest BCUT2D eigenvalue weighted by Gasteiger charge is 2.11. The highest BCUT2D eigenvalue weighted by molar-refractivity contribution is 5.67. The van der Waals surface area contributed by atoms with Crippen LogP contribution in [0.1, 0.15) is 27.7 Å². The van der Waals surface area contributed by atoms with E-state index in [2.05, 4.69) is 0 Å². The van der Waals surface area contributed by atoms with Crippen molar-refractivity contribution in [2.45, 2.75) is 39.9 Å². The summed E-state index contributed by atoms with van der Waals surface area (Å²) in [5.41, 5.74) is 0. The lowest BCUT2D eigenvalue weighted by Crippen LogP contribution is -2.32. The Bertz CT molecular complexity index is 169. The first-order valence-electron chi connectivity index (χ1n) is 4.96. The molecule has 0 saturated heterocycles. The van der Waals surface area contributed by atoms with Crippen molar-refractivity contribution < 1.29 is 14.3 Å². The SMILES string of the molecule is CC(C)OCCN(C)C(=O)OC(C)C. The largest absolute Gasteiger partial charge is 0.447 e. The van der Waals surface area contributed by atoms with E-state index in [0.29, 0.717) is 13.2 Å². The van der Waals surface area contributed by atoms with Gasteiger partial charge in [-0.3, -0.25) is 0 Å². The summed E-state index contributed by atoms with van der Waals surface area (Å²) in [7, 11) is 1.70. The van der Waals surface area contributed by atoms with Gasteiger partial charge >= 0.3 is 6.09 Å². The quantitative estimate of drug-likeness (QED) is 0.685. The minimum atomic E-state index is -0.299. The molecular weight excluding hydrogens is 182 g/mol. The van der Waals surface area contributed by atoms with Gasteiger partial charge in [0.05, 0.1) is 18.8 Å². The molecule has 4 nitrogen and oxygen atoms in total. The zero-order valence-electron chi connectivity index (χ0n) is 9.74. The molecule has 0 radical (unpaired) electrons. The Kier molecular flexibility index (Phi) is 6.28. The standard InChI is InChI=1S/C10H21NO3/c1-8(2)13-7-6-11(5)10(12)14-9(3)4/h8-9H,6-7H2,1-5H3. The predicted octanol–water partition coefficient (Wildman–Crippen LogP) is 1.89. The third kappa shape index (κ3) is 6.71. The lowest BCUT2D eigenvalue weighted by atomic mass is 10.5. The van der Waals surface area contributed by atoms with E-state index in [4.69, 9.17) is 9.47 Å². The molecule has 0 aromatic heterocycles. The molecule has 1 amide bonds. The van der Waals surface area contributed by atoms with Gasteiger partial charge in [-0.2, -0.15) is 0 Å². The molecule has 4 heteroatoms. The fraction of sp³-hybridized carbons (Fsp3) is 0.900. The van der Waals surface area contributed by atoms with Crippen LogP contribution in [0.15, 0.2) is 0 Å². The van der Waals surface area contributed by atoms with Crippen molar-refractivity contribution in [1.29, 1.82) is 0 Å². The molecule has 84 valence electrons. The lowest BCUT2D eigenvalue weighted by Gasteiger charge is -2.19. The molecule has 0 aromatic carbocycles. The van der Waals surface area contributed by atoms with Crippen molar-refractivity contribution in [3.8, 4) is 0 Å². The minimum Gasteiger partial charge on any atom is -0.447 e. The number of carbonyl (C=O) groups excluding carboxylic acids is 1. The topological polar surface area (TPSA) is 38.8 Å². The predicted molar refractivity (Wildman–Crippen MR) is 55.3 cm³/mol. The number of rotatable bonds is 5. The molecule has 0 aliphatic carbocycles. The molecule has 0 bridgehead atoms. The summed E-state index contributed by atoms with van der Waals surface area (Å²) in [5.74, 6) is 0. The van der Waals surface area contributed by atoms with Crippen molar-refractivity contribution >= 4 is 6.09 Å². The van der Waals surface area contributed by atoms with Crippen LogP contribution in [0.2, 0.25) is 0 Å². The van der Waals surface area contributed by atoms with Crippen LogP contribution in [-0.2, 0) is 9.47 Å². The van der Waals surface area contributed by atoms with Gasteiger partial charge in [0, 0.05) is 13.6 Å². The first-order chi connectivity index (χ1) is 6.43. The van der Waals surface area contributed by atoms with Crippen molar-refractivity contribution in [3.63, 3.8) is 0 Å². The van der Waals surface area contributed by atoms with E-state index in [1.54, 1.807) is 7.05 Å². The van der Waals surface area contributed by atoms with Crippen LogP contribution in [0.4, 0.5) is 4.79 Å². The Labute approximate surface area is 86.2 Å². The molecule has 0 saturated carbocycles. The van der Waals surface area contributed by atoms with Crippen LogP contribution in [0.3, 0.4) is 0 Å². The van der Waals surface area contributed by atoms with Gasteiger partial charge in [-0.05, 0) is 27.7 Å². The smallest absolute Gasteiger partial charge is 0.409 e. The van der Waals surface area contributed by atoms with Crippen LogP contribution >= 0.6 is 0 Å². The summed E-state index contributed by atoms with van der Waals surface area (Å²) in [5, 5.41) is 0. The number of hydrogen-bond donors (Lipinski definition) is 0. The maximum absolute atomic E-state index is 11.3. The number of nitrogens with zero attached hydrogens (tertiary/aromatic N) is 1. The van der Waals surface area contributed by atoms with Gasteiger partial charge in [0.25, 0.3) is 0 Å². The molecule has 0 unspecified atom stereocenters. The van der Waals surface area contributed by atoms with Gasteiger partial charge in [-0.1, -0.05) is 0 Å². The first kappa shape index (κ1) is 13.2. The maximum atomic E-state index is 11.3. The molecule has 0 fully saturated rings. The second-order valence-corrected chi connectivity index (χ2v) is 3.77. The summed E-state index contributed by atoms with van der Waals surface area (Å²) in [6.45, 7) is 8.69. The van der Waals surface area contributed by atoms with Crippen LogP contribution in [0.25, 0.3) is 0 Å². The molecule has 0 heterocycles. The lowest BCUT2D eigenvalue weighted by molar-refractivity contribution is 0.0477. The van der Waals surface area contributed by atoms with Crippen molar-refractivity contribution in [1.82, 2.24) is 4.90 Å². The molecule has 0 aliphatic rings. The number of hydrogen-bond acceptors (Lipinski definition) is 3. The van der Waals surface area contributed by atoms with Gasteiger partial charge < -0.3 is 14.4 Å². The molecule has 0 aliphatic heterocycles. The Balaban J connectivity index is 3.62. The van der Waals surface area contributed by atoms with Crippen LogP contribution in [0, 0.1) is 0 Å². The normalized spacial score (nSPS) is 10.8. The highest BCUT2D eigenvalue weighted by Crippen LogP contribution is 1.96. The van der Waals surface area contributed by atoms with E-state index in [1.165, 1.54) is 4.90 Å². The average Bonchev–Trinajstić information content (AvgIpc) is 2.01. The second-order valence-electron chi connectivity index (χ2n) is 3.77. The van der Waals surface area contributed by atoms with Crippen LogP contribution < -0.4 is 0 Å². The fourth-order valence-corrected chi connectivity index (χ4v) is 0.808. The minimum absolute atomic E-state index is 0.0732. The van der Waals surface area contributed by atoms with E-state index in [1.807, 2.05) is 27.7 Å². The molecule has 0 atom stereocenters. The zero-order chi connectivity index (χ0) is 11.1. The third-order valence-electron chi connectivity index (χ3n) is 1.53. The van der Waals surface area contributed by atoms with E-state index in [-0.39, 0.29) is 18.3 Å². The number of ether oxygens (including phenoxy) is 2. The van der Waals surface area contributed by atoms with E-state index in [9.17, 15) is 4.79 Å². The molecule has 0 aromatic rings. The fourth-order valence-electron chi connectivity index (χ4n) is 0.808.